The number of carbonyl (C=O) groups is 2. The third kappa shape index (κ3) is 4.99. The monoisotopic (exact) mass is 315 g/mol. The molecule has 2 rings (SSSR count). The summed E-state index contributed by atoms with van der Waals surface area (Å²) >= 11 is 0. The van der Waals surface area contributed by atoms with Gasteiger partial charge in [0.1, 0.15) is 5.60 Å². The van der Waals surface area contributed by atoms with Crippen LogP contribution in [0.3, 0.4) is 0 Å². The molecule has 6 heteroatoms. The number of nitrogens with zero attached hydrogens (tertiary/aromatic N) is 2. The predicted octanol–water partition coefficient (Wildman–Crippen LogP) is 2.75. The summed E-state index contributed by atoms with van der Waals surface area (Å²) in [6, 6.07) is 8.81. The number of nitrogens with one attached hydrogen (secondary N) is 1. The zero-order valence-corrected chi connectivity index (χ0v) is 13.6. The van der Waals surface area contributed by atoms with Crippen LogP contribution in [0.25, 0.3) is 0 Å². The van der Waals surface area contributed by atoms with E-state index >= 15 is 0 Å². The minimum absolute atomic E-state index is 0.117. The molecule has 1 fully saturated rings. The summed E-state index contributed by atoms with van der Waals surface area (Å²) in [5, 5.41) is 11.6. The minimum atomic E-state index is -0.509. The molecule has 1 aliphatic rings. The number of benzene rings is 1. The van der Waals surface area contributed by atoms with Gasteiger partial charge in [-0.15, -0.1) is 0 Å². The predicted molar refractivity (Wildman–Crippen MR) is 85.7 cm³/mol. The molecule has 0 aliphatic carbocycles. The number of nitriles is 1. The highest BCUT2D eigenvalue weighted by atomic mass is 16.6. The van der Waals surface area contributed by atoms with Gasteiger partial charge in [-0.25, -0.2) is 4.79 Å². The van der Waals surface area contributed by atoms with Crippen LogP contribution in [0.1, 0.15) is 32.8 Å². The topological polar surface area (TPSA) is 82.4 Å². The Balaban J connectivity index is 1.76. The maximum absolute atomic E-state index is 12.0. The Labute approximate surface area is 136 Å². The Morgan fingerprint density at radius 1 is 1.39 bits per heavy atom. The van der Waals surface area contributed by atoms with Crippen molar-refractivity contribution >= 4 is 17.7 Å². The number of rotatable bonds is 3. The van der Waals surface area contributed by atoms with Gasteiger partial charge in [-0.05, 0) is 39.0 Å². The lowest BCUT2D eigenvalue weighted by Gasteiger charge is -2.39. The molecule has 1 heterocycles. The summed E-state index contributed by atoms with van der Waals surface area (Å²) in [6.07, 6.45) is 0.00618. The van der Waals surface area contributed by atoms with Crippen molar-refractivity contribution in [2.45, 2.75) is 32.8 Å². The molecule has 6 nitrogen and oxygen atoms in total. The average molecular weight is 315 g/mol. The molecule has 0 saturated carbocycles. The lowest BCUT2D eigenvalue weighted by atomic mass is 9.96. The quantitative estimate of drug-likeness (QED) is 0.929. The van der Waals surface area contributed by atoms with Crippen molar-refractivity contribution in [2.75, 3.05) is 18.4 Å². The zero-order valence-electron chi connectivity index (χ0n) is 13.6. The van der Waals surface area contributed by atoms with Crippen molar-refractivity contribution in [3.05, 3.63) is 29.8 Å². The Morgan fingerprint density at radius 3 is 2.70 bits per heavy atom. The Morgan fingerprint density at radius 2 is 2.09 bits per heavy atom. The summed E-state index contributed by atoms with van der Waals surface area (Å²) < 4.78 is 5.27. The molecular formula is C17H21N3O3. The smallest absolute Gasteiger partial charge is 0.410 e. The SMILES string of the molecule is CC(C)(C)OC(=O)N1CC(CC(=O)Nc2cccc(C#N)c2)C1. The van der Waals surface area contributed by atoms with E-state index in [4.69, 9.17) is 10.00 Å². The number of likely N-dealkylation sites (tertiary alicyclic amines) is 1. The van der Waals surface area contributed by atoms with Gasteiger partial charge in [0.2, 0.25) is 5.91 Å². The highest BCUT2D eigenvalue weighted by Gasteiger charge is 2.34. The lowest BCUT2D eigenvalue weighted by Crippen LogP contribution is -2.52. The number of carbonyl (C=O) groups excluding carboxylic acids is 2. The first-order valence-electron chi connectivity index (χ1n) is 7.55. The van der Waals surface area contributed by atoms with Crippen molar-refractivity contribution in [3.63, 3.8) is 0 Å². The number of hydrogen-bond acceptors (Lipinski definition) is 4. The van der Waals surface area contributed by atoms with Gasteiger partial charge in [-0.1, -0.05) is 6.07 Å². The van der Waals surface area contributed by atoms with E-state index in [2.05, 4.69) is 5.32 Å². The molecule has 23 heavy (non-hydrogen) atoms. The Hall–Kier alpha value is -2.55. The Bertz CT molecular complexity index is 637. The molecule has 2 amide bonds. The molecule has 0 unspecified atom stereocenters. The van der Waals surface area contributed by atoms with Crippen LogP contribution in [0.15, 0.2) is 24.3 Å². The minimum Gasteiger partial charge on any atom is -0.444 e. The molecule has 1 aliphatic heterocycles. The molecule has 1 aromatic rings. The van der Waals surface area contributed by atoms with Crippen LogP contribution in [0.5, 0.6) is 0 Å². The average Bonchev–Trinajstić information content (AvgIpc) is 2.40. The second-order valence-electron chi connectivity index (χ2n) is 6.70. The van der Waals surface area contributed by atoms with Crippen LogP contribution in [-0.4, -0.2) is 35.6 Å². The van der Waals surface area contributed by atoms with Gasteiger partial charge in [0.25, 0.3) is 0 Å². The molecule has 1 N–H and O–H groups in total. The summed E-state index contributed by atoms with van der Waals surface area (Å²) in [6.45, 7) is 6.53. The van der Waals surface area contributed by atoms with Crippen molar-refractivity contribution in [1.82, 2.24) is 4.90 Å². The van der Waals surface area contributed by atoms with E-state index in [0.717, 1.165) is 0 Å². The van der Waals surface area contributed by atoms with Gasteiger partial charge < -0.3 is 15.0 Å². The fourth-order valence-electron chi connectivity index (χ4n) is 2.32. The Kier molecular flexibility index (Phi) is 4.89. The molecule has 1 aromatic carbocycles. The van der Waals surface area contributed by atoms with Crippen molar-refractivity contribution in [2.24, 2.45) is 5.92 Å². The first kappa shape index (κ1) is 16.8. The molecule has 0 radical (unpaired) electrons. The second kappa shape index (κ2) is 6.69. The van der Waals surface area contributed by atoms with Crippen molar-refractivity contribution in [3.8, 4) is 6.07 Å². The van der Waals surface area contributed by atoms with Gasteiger partial charge >= 0.3 is 6.09 Å². The van der Waals surface area contributed by atoms with Crippen LogP contribution in [-0.2, 0) is 9.53 Å². The van der Waals surface area contributed by atoms with Gasteiger partial charge in [0.15, 0.2) is 0 Å². The van der Waals surface area contributed by atoms with E-state index in [0.29, 0.717) is 30.8 Å². The normalized spacial score (nSPS) is 14.6. The number of amides is 2. The van der Waals surface area contributed by atoms with Gasteiger partial charge in [0, 0.05) is 31.1 Å². The molecule has 122 valence electrons. The third-order valence-corrected chi connectivity index (χ3v) is 3.36. The fourth-order valence-corrected chi connectivity index (χ4v) is 2.32. The van der Waals surface area contributed by atoms with E-state index in [1.165, 1.54) is 0 Å². The van der Waals surface area contributed by atoms with E-state index < -0.39 is 5.60 Å². The fraction of sp³-hybridized carbons (Fsp3) is 0.471. The lowest BCUT2D eigenvalue weighted by molar-refractivity contribution is -0.118. The van der Waals surface area contributed by atoms with Crippen molar-refractivity contribution in [1.29, 1.82) is 5.26 Å². The summed E-state index contributed by atoms with van der Waals surface area (Å²) in [4.78, 5) is 25.4. The van der Waals surface area contributed by atoms with Crippen molar-refractivity contribution < 1.29 is 14.3 Å². The summed E-state index contributed by atoms with van der Waals surface area (Å²) in [5.74, 6) is 0.0237. The van der Waals surface area contributed by atoms with Gasteiger partial charge in [-0.2, -0.15) is 5.26 Å². The largest absolute Gasteiger partial charge is 0.444 e. The first-order valence-corrected chi connectivity index (χ1v) is 7.55. The van der Waals surface area contributed by atoms with Crippen LogP contribution in [0.2, 0.25) is 0 Å². The highest BCUT2D eigenvalue weighted by Crippen LogP contribution is 2.22. The van der Waals surface area contributed by atoms with Gasteiger partial charge in [-0.3, -0.25) is 4.79 Å². The molecule has 0 aromatic heterocycles. The first-order chi connectivity index (χ1) is 10.8. The van der Waals surface area contributed by atoms with E-state index in [1.54, 1.807) is 29.2 Å². The highest BCUT2D eigenvalue weighted by molar-refractivity contribution is 5.91. The molecule has 0 bridgehead atoms. The zero-order chi connectivity index (χ0) is 17.0. The number of ether oxygens (including phenoxy) is 1. The number of anilines is 1. The molecule has 0 atom stereocenters. The summed E-state index contributed by atoms with van der Waals surface area (Å²) in [7, 11) is 0. The summed E-state index contributed by atoms with van der Waals surface area (Å²) in [5.41, 5.74) is 0.602. The maximum Gasteiger partial charge on any atom is 0.410 e. The van der Waals surface area contributed by atoms with E-state index in [9.17, 15) is 9.59 Å². The molecular weight excluding hydrogens is 294 g/mol. The van der Waals surface area contributed by atoms with E-state index in [1.807, 2.05) is 26.8 Å². The van der Waals surface area contributed by atoms with Crippen LogP contribution < -0.4 is 5.32 Å². The van der Waals surface area contributed by atoms with Crippen LogP contribution >= 0.6 is 0 Å². The maximum atomic E-state index is 12.0. The van der Waals surface area contributed by atoms with Gasteiger partial charge in [0.05, 0.1) is 11.6 Å². The third-order valence-electron chi connectivity index (χ3n) is 3.36. The number of hydrogen-bond donors (Lipinski definition) is 1. The second-order valence-corrected chi connectivity index (χ2v) is 6.70. The molecule has 0 spiro atoms. The van der Waals surface area contributed by atoms with Crippen LogP contribution in [0.4, 0.5) is 10.5 Å². The van der Waals surface area contributed by atoms with Crippen LogP contribution in [0, 0.1) is 17.2 Å². The standard InChI is InChI=1S/C17H21N3O3/c1-17(2,3)23-16(22)20-10-13(11-20)8-15(21)19-14-6-4-5-12(7-14)9-18/h4-7,13H,8,10-11H2,1-3H3,(H,19,21). The molecule has 1 saturated heterocycles. The van der Waals surface area contributed by atoms with E-state index in [-0.39, 0.29) is 17.9 Å².